The maximum Gasteiger partial charge on any atom is 0.312 e. The molecule has 0 amide bonds. The molecule has 1 rings (SSSR count). The summed E-state index contributed by atoms with van der Waals surface area (Å²) in [7, 11) is -3.96. The highest BCUT2D eigenvalue weighted by molar-refractivity contribution is 7.89. The molecule has 0 aromatic heterocycles. The van der Waals surface area contributed by atoms with Crippen LogP contribution in [-0.4, -0.2) is 19.9 Å². The molecule has 0 radical (unpaired) electrons. The van der Waals surface area contributed by atoms with Crippen LogP contribution in [0.25, 0.3) is 0 Å². The Morgan fingerprint density at radius 2 is 1.95 bits per heavy atom. The molecule has 7 nitrogen and oxygen atoms in total. The molecule has 3 N–H and O–H groups in total. The van der Waals surface area contributed by atoms with Gasteiger partial charge in [0, 0.05) is 6.54 Å². The number of nitro benzene ring substituents is 1. The van der Waals surface area contributed by atoms with Crippen molar-refractivity contribution in [3.05, 3.63) is 28.3 Å². The summed E-state index contributed by atoms with van der Waals surface area (Å²) >= 11 is 0. The normalized spacial score (nSPS) is 13.4. The maximum atomic E-state index is 12.2. The number of para-hydroxylation sites is 1. The van der Waals surface area contributed by atoms with Crippen LogP contribution >= 0.6 is 0 Å². The minimum absolute atomic E-state index is 0.116. The number of hydrogen-bond acceptors (Lipinski definition) is 5. The van der Waals surface area contributed by atoms with Gasteiger partial charge in [-0.3, -0.25) is 10.1 Å². The highest BCUT2D eigenvalue weighted by Gasteiger charge is 2.28. The zero-order valence-corrected chi connectivity index (χ0v) is 12.5. The lowest BCUT2D eigenvalue weighted by atomic mass is 9.99. The van der Waals surface area contributed by atoms with Crippen LogP contribution in [0.1, 0.15) is 20.8 Å². The van der Waals surface area contributed by atoms with Gasteiger partial charge >= 0.3 is 5.69 Å². The van der Waals surface area contributed by atoms with E-state index in [2.05, 4.69) is 4.72 Å². The molecule has 0 aliphatic heterocycles. The van der Waals surface area contributed by atoms with Crippen molar-refractivity contribution in [1.82, 2.24) is 4.72 Å². The quantitative estimate of drug-likeness (QED) is 0.472. The second-order valence-electron chi connectivity index (χ2n) is 5.02. The molecule has 0 saturated carbocycles. The number of anilines is 1. The Morgan fingerprint density at radius 3 is 2.45 bits per heavy atom. The van der Waals surface area contributed by atoms with Crippen LogP contribution in [0.5, 0.6) is 0 Å². The Bertz CT molecular complexity index is 599. The van der Waals surface area contributed by atoms with Gasteiger partial charge < -0.3 is 5.73 Å². The number of rotatable bonds is 6. The van der Waals surface area contributed by atoms with Gasteiger partial charge in [-0.1, -0.05) is 26.8 Å². The van der Waals surface area contributed by atoms with Crippen molar-refractivity contribution in [2.75, 3.05) is 12.3 Å². The third-order valence-corrected chi connectivity index (χ3v) is 4.69. The van der Waals surface area contributed by atoms with Crippen LogP contribution in [0, 0.1) is 22.0 Å². The highest BCUT2D eigenvalue weighted by Crippen LogP contribution is 2.29. The average molecular weight is 301 g/mol. The predicted octanol–water partition coefficient (Wildman–Crippen LogP) is 1.75. The van der Waals surface area contributed by atoms with Crippen molar-refractivity contribution in [3.63, 3.8) is 0 Å². The van der Waals surface area contributed by atoms with E-state index in [1.807, 2.05) is 20.8 Å². The fourth-order valence-corrected chi connectivity index (χ4v) is 2.85. The Labute approximate surface area is 118 Å². The van der Waals surface area contributed by atoms with Crippen LogP contribution in [0.4, 0.5) is 11.4 Å². The average Bonchev–Trinajstić information content (AvgIpc) is 2.35. The molecule has 0 bridgehead atoms. The van der Waals surface area contributed by atoms with Gasteiger partial charge in [0.15, 0.2) is 4.90 Å². The fourth-order valence-electron chi connectivity index (χ4n) is 1.51. The van der Waals surface area contributed by atoms with Gasteiger partial charge in [-0.05, 0) is 24.0 Å². The van der Waals surface area contributed by atoms with Crippen LogP contribution in [0.2, 0.25) is 0 Å². The van der Waals surface area contributed by atoms with Crippen LogP contribution in [-0.2, 0) is 10.0 Å². The number of nitro groups is 1. The van der Waals surface area contributed by atoms with E-state index in [0.717, 1.165) is 0 Å². The van der Waals surface area contributed by atoms with E-state index in [1.165, 1.54) is 18.2 Å². The molecule has 1 atom stereocenters. The van der Waals surface area contributed by atoms with Crippen LogP contribution in [0.3, 0.4) is 0 Å². The summed E-state index contributed by atoms with van der Waals surface area (Å²) in [6.07, 6.45) is 0. The Hall–Kier alpha value is -1.67. The molecule has 1 unspecified atom stereocenters. The van der Waals surface area contributed by atoms with Crippen molar-refractivity contribution in [1.29, 1.82) is 0 Å². The summed E-state index contributed by atoms with van der Waals surface area (Å²) in [4.78, 5) is 9.78. The first-order chi connectivity index (χ1) is 9.16. The second-order valence-corrected chi connectivity index (χ2v) is 6.76. The van der Waals surface area contributed by atoms with Crippen LogP contribution in [0.15, 0.2) is 23.1 Å². The third kappa shape index (κ3) is 3.67. The minimum Gasteiger partial charge on any atom is -0.393 e. The standard InChI is InChI=1S/C12H19N3O4S/c1-8(2)9(3)7-14-20(18,19)11-6-4-5-10(13)12(11)15(16)17/h4-6,8-9,14H,7,13H2,1-3H3. The SMILES string of the molecule is CC(C)C(C)CNS(=O)(=O)c1cccc(N)c1[N+](=O)[O-]. The lowest BCUT2D eigenvalue weighted by Gasteiger charge is -2.16. The lowest BCUT2D eigenvalue weighted by Crippen LogP contribution is -2.30. The molecule has 20 heavy (non-hydrogen) atoms. The fraction of sp³-hybridized carbons (Fsp3) is 0.500. The van der Waals surface area contributed by atoms with E-state index in [1.54, 1.807) is 0 Å². The first-order valence-electron chi connectivity index (χ1n) is 6.19. The molecule has 0 saturated heterocycles. The van der Waals surface area contributed by atoms with Gasteiger partial charge in [0.1, 0.15) is 5.69 Å². The van der Waals surface area contributed by atoms with Gasteiger partial charge in [-0.2, -0.15) is 0 Å². The van der Waals surface area contributed by atoms with E-state index in [0.29, 0.717) is 5.92 Å². The van der Waals surface area contributed by atoms with E-state index in [4.69, 9.17) is 5.73 Å². The monoisotopic (exact) mass is 301 g/mol. The number of hydrogen-bond donors (Lipinski definition) is 2. The van der Waals surface area contributed by atoms with Gasteiger partial charge in [0.25, 0.3) is 0 Å². The van der Waals surface area contributed by atoms with Crippen molar-refractivity contribution in [2.24, 2.45) is 11.8 Å². The lowest BCUT2D eigenvalue weighted by molar-refractivity contribution is -0.386. The second kappa shape index (κ2) is 6.19. The van der Waals surface area contributed by atoms with Gasteiger partial charge in [-0.15, -0.1) is 0 Å². The van der Waals surface area contributed by atoms with E-state index in [9.17, 15) is 18.5 Å². The predicted molar refractivity (Wildman–Crippen MR) is 76.7 cm³/mol. The van der Waals surface area contributed by atoms with Crippen molar-refractivity contribution < 1.29 is 13.3 Å². The summed E-state index contributed by atoms with van der Waals surface area (Å²) in [6, 6.07) is 3.85. The molecule has 0 spiro atoms. The van der Waals surface area contributed by atoms with Crippen molar-refractivity contribution in [2.45, 2.75) is 25.7 Å². The molecule has 0 fully saturated rings. The molecule has 0 aliphatic carbocycles. The number of sulfonamides is 1. The Balaban J connectivity index is 3.11. The molecule has 0 heterocycles. The minimum atomic E-state index is -3.96. The summed E-state index contributed by atoms with van der Waals surface area (Å²) in [5, 5.41) is 11.0. The largest absolute Gasteiger partial charge is 0.393 e. The summed E-state index contributed by atoms with van der Waals surface area (Å²) in [5.74, 6) is 0.415. The topological polar surface area (TPSA) is 115 Å². The molecule has 1 aromatic carbocycles. The molecular formula is C12H19N3O4S. The first kappa shape index (κ1) is 16.4. The van der Waals surface area contributed by atoms with E-state index >= 15 is 0 Å². The zero-order chi connectivity index (χ0) is 15.5. The number of benzene rings is 1. The van der Waals surface area contributed by atoms with Gasteiger partial charge in [0.2, 0.25) is 10.0 Å². The maximum absolute atomic E-state index is 12.2. The molecule has 112 valence electrons. The zero-order valence-electron chi connectivity index (χ0n) is 11.7. The number of nitrogens with two attached hydrogens (primary N) is 1. The number of nitrogens with zero attached hydrogens (tertiary/aromatic N) is 1. The Kier molecular flexibility index (Phi) is 5.07. The summed E-state index contributed by atoms with van der Waals surface area (Å²) < 4.78 is 26.7. The number of nitrogen functional groups attached to an aromatic ring is 1. The Morgan fingerprint density at radius 1 is 1.35 bits per heavy atom. The van der Waals surface area contributed by atoms with Gasteiger partial charge in [0.05, 0.1) is 4.92 Å². The first-order valence-corrected chi connectivity index (χ1v) is 7.67. The van der Waals surface area contributed by atoms with Gasteiger partial charge in [-0.25, -0.2) is 13.1 Å². The smallest absolute Gasteiger partial charge is 0.312 e. The van der Waals surface area contributed by atoms with E-state index < -0.39 is 25.5 Å². The molecule has 8 heteroatoms. The van der Waals surface area contributed by atoms with Crippen molar-refractivity contribution in [3.8, 4) is 0 Å². The third-order valence-electron chi connectivity index (χ3n) is 3.24. The molecule has 1 aromatic rings. The number of nitrogens with one attached hydrogen (secondary N) is 1. The van der Waals surface area contributed by atoms with Crippen molar-refractivity contribution >= 4 is 21.4 Å². The summed E-state index contributed by atoms with van der Waals surface area (Å²) in [5.41, 5.74) is 4.73. The highest BCUT2D eigenvalue weighted by atomic mass is 32.2. The molecular weight excluding hydrogens is 282 g/mol. The summed E-state index contributed by atoms with van der Waals surface area (Å²) in [6.45, 7) is 6.07. The molecule has 0 aliphatic rings. The van der Waals surface area contributed by atoms with Crippen LogP contribution < -0.4 is 10.5 Å². The van der Waals surface area contributed by atoms with E-state index in [-0.39, 0.29) is 18.2 Å².